The summed E-state index contributed by atoms with van der Waals surface area (Å²) in [5.41, 5.74) is 2.70. The summed E-state index contributed by atoms with van der Waals surface area (Å²) < 4.78 is 18.5. The lowest BCUT2D eigenvalue weighted by atomic mass is 10.0. The molecule has 156 valence electrons. The Morgan fingerprint density at radius 3 is 2.63 bits per heavy atom. The summed E-state index contributed by atoms with van der Waals surface area (Å²) in [4.78, 5) is 17.5. The molecular formula is C23H23ClFN3O2. The van der Waals surface area contributed by atoms with Crippen molar-refractivity contribution >= 4 is 17.5 Å². The average Bonchev–Trinajstić information content (AvgIpc) is 2.97. The van der Waals surface area contributed by atoms with E-state index in [0.29, 0.717) is 40.7 Å². The van der Waals surface area contributed by atoms with E-state index in [1.54, 1.807) is 25.1 Å². The van der Waals surface area contributed by atoms with Crippen LogP contribution in [0.5, 0.6) is 0 Å². The standard InChI is InChI=1S/C23H23ClFN3O2/c1-16-21(22(26-30-16)19-5-2-3-6-20(19)24)23(29)28-12-4-11-27(13-14-28)15-17-7-9-18(25)10-8-17/h2-3,5-10H,4,11-15H2,1H3. The van der Waals surface area contributed by atoms with Crippen molar-refractivity contribution in [2.24, 2.45) is 0 Å². The molecule has 0 radical (unpaired) electrons. The van der Waals surface area contributed by atoms with Gasteiger partial charge in [-0.3, -0.25) is 9.69 Å². The van der Waals surface area contributed by atoms with Gasteiger partial charge in [0, 0.05) is 38.3 Å². The fourth-order valence-corrected chi connectivity index (χ4v) is 4.02. The van der Waals surface area contributed by atoms with Crippen molar-refractivity contribution in [3.8, 4) is 11.3 Å². The first kappa shape index (κ1) is 20.6. The number of hydrogen-bond acceptors (Lipinski definition) is 4. The summed E-state index contributed by atoms with van der Waals surface area (Å²) in [7, 11) is 0. The molecule has 1 aliphatic heterocycles. The molecule has 2 heterocycles. The van der Waals surface area contributed by atoms with E-state index in [9.17, 15) is 9.18 Å². The number of hydrogen-bond donors (Lipinski definition) is 0. The lowest BCUT2D eigenvalue weighted by Crippen LogP contribution is -2.35. The molecule has 0 saturated carbocycles. The summed E-state index contributed by atoms with van der Waals surface area (Å²) in [5.74, 6) is 0.166. The maximum Gasteiger partial charge on any atom is 0.259 e. The van der Waals surface area contributed by atoms with Crippen LogP contribution < -0.4 is 0 Å². The number of carbonyl (C=O) groups is 1. The molecule has 3 aromatic rings. The average molecular weight is 428 g/mol. The minimum absolute atomic E-state index is 0.0905. The van der Waals surface area contributed by atoms with Gasteiger partial charge in [0.05, 0.1) is 5.02 Å². The SMILES string of the molecule is Cc1onc(-c2ccccc2Cl)c1C(=O)N1CCCN(Cc2ccc(F)cc2)CC1. The van der Waals surface area contributed by atoms with Crippen molar-refractivity contribution in [1.82, 2.24) is 15.0 Å². The molecule has 1 saturated heterocycles. The Morgan fingerprint density at radius 1 is 1.10 bits per heavy atom. The summed E-state index contributed by atoms with van der Waals surface area (Å²) >= 11 is 6.33. The normalized spacial score (nSPS) is 15.2. The van der Waals surface area contributed by atoms with E-state index < -0.39 is 0 Å². The van der Waals surface area contributed by atoms with Crippen LogP contribution in [0, 0.1) is 12.7 Å². The van der Waals surface area contributed by atoms with Crippen LogP contribution in [0.3, 0.4) is 0 Å². The van der Waals surface area contributed by atoms with Crippen LogP contribution in [0.2, 0.25) is 5.02 Å². The zero-order chi connectivity index (χ0) is 21.1. The summed E-state index contributed by atoms with van der Waals surface area (Å²) in [5, 5.41) is 4.64. The number of nitrogens with zero attached hydrogens (tertiary/aromatic N) is 3. The van der Waals surface area contributed by atoms with E-state index in [-0.39, 0.29) is 11.7 Å². The molecule has 0 unspecified atom stereocenters. The zero-order valence-corrected chi connectivity index (χ0v) is 17.5. The summed E-state index contributed by atoms with van der Waals surface area (Å²) in [6.07, 6.45) is 0.860. The van der Waals surface area contributed by atoms with Crippen LogP contribution in [-0.2, 0) is 6.54 Å². The first-order chi connectivity index (χ1) is 14.5. The van der Waals surface area contributed by atoms with Gasteiger partial charge in [-0.2, -0.15) is 0 Å². The molecule has 30 heavy (non-hydrogen) atoms. The first-order valence-corrected chi connectivity index (χ1v) is 10.4. The molecular weight excluding hydrogens is 405 g/mol. The Balaban J connectivity index is 1.49. The number of aromatic nitrogens is 1. The van der Waals surface area contributed by atoms with Gasteiger partial charge in [0.2, 0.25) is 0 Å². The number of rotatable bonds is 4. The van der Waals surface area contributed by atoms with Crippen molar-refractivity contribution in [2.45, 2.75) is 19.9 Å². The highest BCUT2D eigenvalue weighted by atomic mass is 35.5. The third-order valence-corrected chi connectivity index (χ3v) is 5.73. The van der Waals surface area contributed by atoms with Crippen molar-refractivity contribution in [2.75, 3.05) is 26.2 Å². The summed E-state index contributed by atoms with van der Waals surface area (Å²) in [6, 6.07) is 13.9. The van der Waals surface area contributed by atoms with Gasteiger partial charge in [0.1, 0.15) is 22.8 Å². The minimum atomic E-state index is -0.232. The molecule has 5 nitrogen and oxygen atoms in total. The molecule has 1 aliphatic rings. The third kappa shape index (κ3) is 4.40. The number of benzene rings is 2. The Kier molecular flexibility index (Phi) is 6.16. The number of carbonyl (C=O) groups excluding carboxylic acids is 1. The molecule has 7 heteroatoms. The van der Waals surface area contributed by atoms with Crippen LogP contribution in [0.1, 0.15) is 28.1 Å². The second-order valence-electron chi connectivity index (χ2n) is 7.49. The second-order valence-corrected chi connectivity index (χ2v) is 7.90. The molecule has 1 amide bonds. The smallest absolute Gasteiger partial charge is 0.259 e. The Bertz CT molecular complexity index is 1040. The van der Waals surface area contributed by atoms with E-state index >= 15 is 0 Å². The highest BCUT2D eigenvalue weighted by Gasteiger charge is 2.28. The number of aryl methyl sites for hydroxylation is 1. The van der Waals surface area contributed by atoms with Crippen LogP contribution in [0.4, 0.5) is 4.39 Å². The zero-order valence-electron chi connectivity index (χ0n) is 16.8. The summed E-state index contributed by atoms with van der Waals surface area (Å²) in [6.45, 7) is 5.37. The molecule has 1 fully saturated rings. The van der Waals surface area contributed by atoms with Gasteiger partial charge in [-0.05, 0) is 37.1 Å². The van der Waals surface area contributed by atoms with E-state index in [0.717, 1.165) is 31.6 Å². The maximum absolute atomic E-state index is 13.4. The fraction of sp³-hybridized carbons (Fsp3) is 0.304. The van der Waals surface area contributed by atoms with E-state index in [1.165, 1.54) is 12.1 Å². The predicted octanol–water partition coefficient (Wildman–Crippen LogP) is 4.79. The largest absolute Gasteiger partial charge is 0.360 e. The van der Waals surface area contributed by atoms with E-state index in [4.69, 9.17) is 16.1 Å². The Morgan fingerprint density at radius 2 is 1.87 bits per heavy atom. The second kappa shape index (κ2) is 8.98. The molecule has 1 aromatic heterocycles. The molecule has 0 atom stereocenters. The van der Waals surface area contributed by atoms with Crippen molar-refractivity contribution < 1.29 is 13.7 Å². The third-order valence-electron chi connectivity index (χ3n) is 5.40. The fourth-order valence-electron chi connectivity index (χ4n) is 3.80. The van der Waals surface area contributed by atoms with Gasteiger partial charge in [0.15, 0.2) is 0 Å². The van der Waals surface area contributed by atoms with Crippen LogP contribution in [-0.4, -0.2) is 47.0 Å². The monoisotopic (exact) mass is 427 g/mol. The van der Waals surface area contributed by atoms with Crippen LogP contribution >= 0.6 is 11.6 Å². The molecule has 4 rings (SSSR count). The Labute approximate surface area is 180 Å². The Hall–Kier alpha value is -2.70. The van der Waals surface area contributed by atoms with Crippen LogP contribution in [0.15, 0.2) is 53.1 Å². The topological polar surface area (TPSA) is 49.6 Å². The van der Waals surface area contributed by atoms with Crippen LogP contribution in [0.25, 0.3) is 11.3 Å². The number of halogens is 2. The minimum Gasteiger partial charge on any atom is -0.360 e. The number of amides is 1. The first-order valence-electron chi connectivity index (χ1n) is 10.00. The lowest BCUT2D eigenvalue weighted by molar-refractivity contribution is 0.0760. The molecule has 2 aromatic carbocycles. The van der Waals surface area contributed by atoms with Gasteiger partial charge in [-0.25, -0.2) is 4.39 Å². The highest BCUT2D eigenvalue weighted by molar-refractivity contribution is 6.33. The van der Waals surface area contributed by atoms with Gasteiger partial charge in [-0.15, -0.1) is 0 Å². The van der Waals surface area contributed by atoms with Gasteiger partial charge in [0.25, 0.3) is 5.91 Å². The van der Waals surface area contributed by atoms with Gasteiger partial charge >= 0.3 is 0 Å². The van der Waals surface area contributed by atoms with Crippen molar-refractivity contribution in [3.63, 3.8) is 0 Å². The lowest BCUT2D eigenvalue weighted by Gasteiger charge is -2.22. The van der Waals surface area contributed by atoms with Gasteiger partial charge in [-0.1, -0.05) is 47.1 Å². The van der Waals surface area contributed by atoms with Gasteiger partial charge < -0.3 is 9.42 Å². The van der Waals surface area contributed by atoms with Crippen molar-refractivity contribution in [1.29, 1.82) is 0 Å². The maximum atomic E-state index is 13.4. The molecule has 0 aliphatic carbocycles. The quantitative estimate of drug-likeness (QED) is 0.600. The molecule has 0 spiro atoms. The highest BCUT2D eigenvalue weighted by Crippen LogP contribution is 2.32. The van der Waals surface area contributed by atoms with E-state index in [1.807, 2.05) is 23.1 Å². The molecule has 0 N–H and O–H groups in total. The van der Waals surface area contributed by atoms with Crippen molar-refractivity contribution in [3.05, 3.63) is 76.3 Å². The predicted molar refractivity (Wildman–Crippen MR) is 114 cm³/mol. The molecule has 0 bridgehead atoms. The van der Waals surface area contributed by atoms with E-state index in [2.05, 4.69) is 10.1 Å².